The molecule has 14 heavy (non-hydrogen) atoms. The maximum absolute atomic E-state index is 3.49. The van der Waals surface area contributed by atoms with Crippen LogP contribution in [0, 0.1) is 0 Å². The largest absolute Gasteiger partial charge is 0.317 e. The van der Waals surface area contributed by atoms with Crippen LogP contribution in [0.15, 0.2) is 0 Å². The molecule has 0 aromatic heterocycles. The predicted molar refractivity (Wildman–Crippen MR) is 62.6 cm³/mol. The van der Waals surface area contributed by atoms with Crippen LogP contribution in [0.1, 0.15) is 46.5 Å². The molecule has 0 aromatic carbocycles. The van der Waals surface area contributed by atoms with Crippen LogP contribution in [-0.2, 0) is 0 Å². The van der Waals surface area contributed by atoms with Gasteiger partial charge in [-0.2, -0.15) is 0 Å². The molecule has 1 saturated heterocycles. The molecular weight excluding hydrogens is 172 g/mol. The molecule has 0 radical (unpaired) electrons. The molecule has 1 heterocycles. The standard InChI is InChI=1S/C12H26N2/c1-4-11(3)14(5-2)12-7-6-9-13-10-8-12/h11-13H,4-10H2,1-3H3. The van der Waals surface area contributed by atoms with E-state index in [1.807, 2.05) is 0 Å². The molecule has 2 atom stereocenters. The number of nitrogens with one attached hydrogen (secondary N) is 1. The Kier molecular flexibility index (Phi) is 5.49. The van der Waals surface area contributed by atoms with E-state index in [9.17, 15) is 0 Å². The average Bonchev–Trinajstić information content (AvgIpc) is 2.47. The van der Waals surface area contributed by atoms with Crippen LogP contribution >= 0.6 is 0 Å². The SMILES string of the molecule is CCC(C)N(CC)C1CCCNCC1. The van der Waals surface area contributed by atoms with Gasteiger partial charge in [0.2, 0.25) is 0 Å². The van der Waals surface area contributed by atoms with E-state index in [0.29, 0.717) is 0 Å². The van der Waals surface area contributed by atoms with E-state index in [0.717, 1.165) is 12.1 Å². The molecule has 0 aromatic rings. The number of rotatable bonds is 4. The molecule has 1 fully saturated rings. The molecule has 2 unspecified atom stereocenters. The molecule has 1 aliphatic heterocycles. The Bertz CT molecular complexity index is 139. The smallest absolute Gasteiger partial charge is 0.0110 e. The van der Waals surface area contributed by atoms with E-state index in [1.165, 1.54) is 45.3 Å². The van der Waals surface area contributed by atoms with E-state index >= 15 is 0 Å². The highest BCUT2D eigenvalue weighted by Gasteiger charge is 2.21. The second-order valence-corrected chi connectivity index (χ2v) is 4.42. The molecule has 2 nitrogen and oxygen atoms in total. The first kappa shape index (κ1) is 12.0. The van der Waals surface area contributed by atoms with Crippen molar-refractivity contribution in [3.63, 3.8) is 0 Å². The van der Waals surface area contributed by atoms with E-state index in [4.69, 9.17) is 0 Å². The molecule has 1 N–H and O–H groups in total. The lowest BCUT2D eigenvalue weighted by Crippen LogP contribution is -2.41. The van der Waals surface area contributed by atoms with Crippen molar-refractivity contribution >= 4 is 0 Å². The summed E-state index contributed by atoms with van der Waals surface area (Å²) in [5.74, 6) is 0. The van der Waals surface area contributed by atoms with Crippen molar-refractivity contribution in [2.75, 3.05) is 19.6 Å². The first-order chi connectivity index (χ1) is 6.79. The van der Waals surface area contributed by atoms with Crippen molar-refractivity contribution in [1.82, 2.24) is 10.2 Å². The lowest BCUT2D eigenvalue weighted by Gasteiger charge is -2.34. The Labute approximate surface area is 89.1 Å². The Morgan fingerprint density at radius 3 is 2.71 bits per heavy atom. The summed E-state index contributed by atoms with van der Waals surface area (Å²) in [6.45, 7) is 10.6. The summed E-state index contributed by atoms with van der Waals surface area (Å²) < 4.78 is 0. The van der Waals surface area contributed by atoms with Crippen molar-refractivity contribution < 1.29 is 0 Å². The van der Waals surface area contributed by atoms with E-state index < -0.39 is 0 Å². The van der Waals surface area contributed by atoms with Gasteiger partial charge >= 0.3 is 0 Å². The minimum Gasteiger partial charge on any atom is -0.317 e. The maximum atomic E-state index is 3.49. The lowest BCUT2D eigenvalue weighted by atomic mass is 10.0. The highest BCUT2D eigenvalue weighted by Crippen LogP contribution is 2.17. The molecule has 2 heteroatoms. The maximum Gasteiger partial charge on any atom is 0.0110 e. The van der Waals surface area contributed by atoms with Gasteiger partial charge in [0.1, 0.15) is 0 Å². The number of hydrogen-bond acceptors (Lipinski definition) is 2. The zero-order valence-corrected chi connectivity index (χ0v) is 10.1. The minimum absolute atomic E-state index is 0.753. The van der Waals surface area contributed by atoms with Crippen LogP contribution in [-0.4, -0.2) is 36.6 Å². The number of hydrogen-bond donors (Lipinski definition) is 1. The van der Waals surface area contributed by atoms with Crippen LogP contribution in [0.3, 0.4) is 0 Å². The number of nitrogens with zero attached hydrogens (tertiary/aromatic N) is 1. The second kappa shape index (κ2) is 6.41. The molecule has 1 rings (SSSR count). The third-order valence-electron chi connectivity index (χ3n) is 3.54. The summed E-state index contributed by atoms with van der Waals surface area (Å²) in [5, 5.41) is 3.49. The van der Waals surface area contributed by atoms with E-state index in [-0.39, 0.29) is 0 Å². The summed E-state index contributed by atoms with van der Waals surface area (Å²) in [5.41, 5.74) is 0. The van der Waals surface area contributed by atoms with Crippen molar-refractivity contribution in [3.8, 4) is 0 Å². The van der Waals surface area contributed by atoms with Gasteiger partial charge in [0.05, 0.1) is 0 Å². The van der Waals surface area contributed by atoms with Gasteiger partial charge in [0.15, 0.2) is 0 Å². The quantitative estimate of drug-likeness (QED) is 0.745. The monoisotopic (exact) mass is 198 g/mol. The topological polar surface area (TPSA) is 15.3 Å². The van der Waals surface area contributed by atoms with Crippen LogP contribution < -0.4 is 5.32 Å². The molecular formula is C12H26N2. The second-order valence-electron chi connectivity index (χ2n) is 4.42. The van der Waals surface area contributed by atoms with Gasteiger partial charge in [-0.15, -0.1) is 0 Å². The van der Waals surface area contributed by atoms with Crippen molar-refractivity contribution in [2.24, 2.45) is 0 Å². The van der Waals surface area contributed by atoms with Gasteiger partial charge in [-0.1, -0.05) is 13.8 Å². The Balaban J connectivity index is 2.48. The third kappa shape index (κ3) is 3.25. The minimum atomic E-state index is 0.753. The summed E-state index contributed by atoms with van der Waals surface area (Å²) >= 11 is 0. The van der Waals surface area contributed by atoms with Crippen molar-refractivity contribution in [1.29, 1.82) is 0 Å². The fraction of sp³-hybridized carbons (Fsp3) is 1.00. The van der Waals surface area contributed by atoms with Crippen LogP contribution in [0.4, 0.5) is 0 Å². The molecule has 1 aliphatic rings. The highest BCUT2D eigenvalue weighted by molar-refractivity contribution is 4.78. The third-order valence-corrected chi connectivity index (χ3v) is 3.54. The van der Waals surface area contributed by atoms with Crippen molar-refractivity contribution in [2.45, 2.75) is 58.5 Å². The lowest BCUT2D eigenvalue weighted by molar-refractivity contribution is 0.136. The highest BCUT2D eigenvalue weighted by atomic mass is 15.2. The van der Waals surface area contributed by atoms with Gasteiger partial charge < -0.3 is 5.32 Å². The fourth-order valence-electron chi connectivity index (χ4n) is 2.50. The van der Waals surface area contributed by atoms with Crippen LogP contribution in [0.5, 0.6) is 0 Å². The molecule has 0 aliphatic carbocycles. The predicted octanol–water partition coefficient (Wildman–Crippen LogP) is 2.25. The molecule has 0 saturated carbocycles. The van der Waals surface area contributed by atoms with Gasteiger partial charge in [-0.3, -0.25) is 4.90 Å². The van der Waals surface area contributed by atoms with Gasteiger partial charge in [0, 0.05) is 12.1 Å². The average molecular weight is 198 g/mol. The Morgan fingerprint density at radius 2 is 2.07 bits per heavy atom. The van der Waals surface area contributed by atoms with Gasteiger partial charge in [-0.05, 0) is 52.2 Å². The fourth-order valence-corrected chi connectivity index (χ4v) is 2.50. The van der Waals surface area contributed by atoms with Crippen LogP contribution in [0.2, 0.25) is 0 Å². The first-order valence-electron chi connectivity index (χ1n) is 6.26. The Morgan fingerprint density at radius 1 is 1.29 bits per heavy atom. The molecule has 0 bridgehead atoms. The molecule has 0 amide bonds. The van der Waals surface area contributed by atoms with E-state index in [1.54, 1.807) is 0 Å². The molecule has 84 valence electrons. The normalized spacial score (nSPS) is 26.1. The van der Waals surface area contributed by atoms with Crippen LogP contribution in [0.25, 0.3) is 0 Å². The van der Waals surface area contributed by atoms with Gasteiger partial charge in [0.25, 0.3) is 0 Å². The summed E-state index contributed by atoms with van der Waals surface area (Å²) in [4.78, 5) is 2.69. The van der Waals surface area contributed by atoms with Crippen molar-refractivity contribution in [3.05, 3.63) is 0 Å². The zero-order chi connectivity index (χ0) is 10.4. The first-order valence-corrected chi connectivity index (χ1v) is 6.26. The van der Waals surface area contributed by atoms with E-state index in [2.05, 4.69) is 31.0 Å². The Hall–Kier alpha value is -0.0800. The summed E-state index contributed by atoms with van der Waals surface area (Å²) in [6.07, 6.45) is 5.33. The summed E-state index contributed by atoms with van der Waals surface area (Å²) in [6, 6.07) is 1.58. The summed E-state index contributed by atoms with van der Waals surface area (Å²) in [7, 11) is 0. The van der Waals surface area contributed by atoms with Gasteiger partial charge in [-0.25, -0.2) is 0 Å². The molecule has 0 spiro atoms. The zero-order valence-electron chi connectivity index (χ0n) is 10.1.